The first-order valence-electron chi connectivity index (χ1n) is 8.00. The van der Waals surface area contributed by atoms with Crippen molar-refractivity contribution in [2.45, 2.75) is 6.54 Å². The molecule has 0 unspecified atom stereocenters. The van der Waals surface area contributed by atoms with Gasteiger partial charge in [-0.3, -0.25) is 4.79 Å². The molecule has 0 atom stereocenters. The predicted octanol–water partition coefficient (Wildman–Crippen LogP) is 3.57. The van der Waals surface area contributed by atoms with Gasteiger partial charge < -0.3 is 13.9 Å². The van der Waals surface area contributed by atoms with Crippen molar-refractivity contribution >= 4 is 21.8 Å². The van der Waals surface area contributed by atoms with Gasteiger partial charge in [-0.05, 0) is 36.4 Å². The minimum atomic E-state index is 0.0505. The molecule has 0 fully saturated rings. The van der Waals surface area contributed by atoms with Crippen LogP contribution in [0, 0.1) is 0 Å². The first-order chi connectivity index (χ1) is 11.8. The van der Waals surface area contributed by atoms with Crippen molar-refractivity contribution in [3.05, 3.63) is 77.2 Å². The number of para-hydroxylation sites is 2. The predicted molar refractivity (Wildman–Crippen MR) is 96.6 cm³/mol. The van der Waals surface area contributed by atoms with Crippen molar-refractivity contribution in [2.24, 2.45) is 7.05 Å². The minimum Gasteiger partial charge on any atom is -0.490 e. The second kappa shape index (κ2) is 5.89. The van der Waals surface area contributed by atoms with Gasteiger partial charge in [0.05, 0.1) is 23.0 Å². The molecular formula is C20H18N2O2. The van der Waals surface area contributed by atoms with Gasteiger partial charge in [-0.25, -0.2) is 0 Å². The van der Waals surface area contributed by atoms with Crippen LogP contribution in [0.4, 0.5) is 0 Å². The van der Waals surface area contributed by atoms with Gasteiger partial charge in [0, 0.05) is 24.8 Å². The Morgan fingerprint density at radius 3 is 2.50 bits per heavy atom. The number of rotatable bonds is 4. The van der Waals surface area contributed by atoms with Gasteiger partial charge in [0.25, 0.3) is 0 Å². The molecule has 0 spiro atoms. The van der Waals surface area contributed by atoms with E-state index in [9.17, 15) is 4.79 Å². The van der Waals surface area contributed by atoms with Crippen LogP contribution in [0.1, 0.15) is 0 Å². The lowest BCUT2D eigenvalue weighted by atomic mass is 10.1. The Bertz CT molecular complexity index is 1060. The number of aromatic nitrogens is 2. The minimum absolute atomic E-state index is 0.0505. The van der Waals surface area contributed by atoms with E-state index in [1.54, 1.807) is 0 Å². The lowest BCUT2D eigenvalue weighted by Gasteiger charge is -2.15. The second-order valence-corrected chi connectivity index (χ2v) is 5.83. The van der Waals surface area contributed by atoms with Gasteiger partial charge in [-0.15, -0.1) is 0 Å². The fraction of sp³-hybridized carbons (Fsp3) is 0.150. The molecule has 2 heterocycles. The Balaban J connectivity index is 1.80. The van der Waals surface area contributed by atoms with Crippen LogP contribution >= 0.6 is 0 Å². The normalized spacial score (nSPS) is 11.2. The second-order valence-electron chi connectivity index (χ2n) is 5.83. The smallest absolute Gasteiger partial charge is 0.197 e. The van der Waals surface area contributed by atoms with Crippen LogP contribution in [-0.2, 0) is 13.6 Å². The summed E-state index contributed by atoms with van der Waals surface area (Å²) in [5, 5.41) is 1.42. The first-order valence-corrected chi connectivity index (χ1v) is 8.00. The summed E-state index contributed by atoms with van der Waals surface area (Å²) in [6.07, 6.45) is 4.02. The van der Waals surface area contributed by atoms with E-state index in [4.69, 9.17) is 4.74 Å². The molecule has 0 aliphatic heterocycles. The van der Waals surface area contributed by atoms with E-state index < -0.39 is 0 Å². The summed E-state index contributed by atoms with van der Waals surface area (Å²) in [5.74, 6) is 0.741. The zero-order valence-electron chi connectivity index (χ0n) is 13.5. The number of nitrogens with zero attached hydrogens (tertiary/aromatic N) is 2. The standard InChI is InChI=1S/C20H18N2O2/c1-21-17-9-3-2-7-15(17)20(23)16-8-6-10-18(19(16)21)24-14-13-22-11-4-5-12-22/h2-12H,13-14H2,1H3. The highest BCUT2D eigenvalue weighted by Crippen LogP contribution is 2.26. The number of benzene rings is 2. The molecule has 0 radical (unpaired) electrons. The summed E-state index contributed by atoms with van der Waals surface area (Å²) in [7, 11) is 1.98. The molecule has 0 bridgehead atoms. The molecule has 2 aromatic carbocycles. The Kier molecular flexibility index (Phi) is 3.58. The first kappa shape index (κ1) is 14.6. The van der Waals surface area contributed by atoms with E-state index in [1.165, 1.54) is 0 Å². The molecule has 2 aromatic heterocycles. The molecular weight excluding hydrogens is 300 g/mol. The lowest BCUT2D eigenvalue weighted by Crippen LogP contribution is -2.12. The van der Waals surface area contributed by atoms with Gasteiger partial charge >= 0.3 is 0 Å². The Morgan fingerprint density at radius 2 is 1.67 bits per heavy atom. The molecule has 120 valence electrons. The zero-order valence-corrected chi connectivity index (χ0v) is 13.5. The number of aryl methyl sites for hydroxylation is 1. The molecule has 0 amide bonds. The van der Waals surface area contributed by atoms with Crippen molar-refractivity contribution in [1.29, 1.82) is 0 Å². The van der Waals surface area contributed by atoms with Gasteiger partial charge in [-0.1, -0.05) is 18.2 Å². The van der Waals surface area contributed by atoms with E-state index >= 15 is 0 Å². The van der Waals surface area contributed by atoms with Gasteiger partial charge in [0.15, 0.2) is 5.43 Å². The van der Waals surface area contributed by atoms with Crippen molar-refractivity contribution in [3.63, 3.8) is 0 Å². The Morgan fingerprint density at radius 1 is 0.917 bits per heavy atom. The fourth-order valence-corrected chi connectivity index (χ4v) is 3.17. The van der Waals surface area contributed by atoms with Crippen LogP contribution in [0.15, 0.2) is 71.8 Å². The van der Waals surface area contributed by atoms with Crippen molar-refractivity contribution < 1.29 is 4.74 Å². The van der Waals surface area contributed by atoms with Gasteiger partial charge in [0.2, 0.25) is 0 Å². The molecule has 4 heteroatoms. The highest BCUT2D eigenvalue weighted by atomic mass is 16.5. The molecule has 4 rings (SSSR count). The molecule has 24 heavy (non-hydrogen) atoms. The average Bonchev–Trinajstić information content (AvgIpc) is 3.13. The number of ether oxygens (including phenoxy) is 1. The van der Waals surface area contributed by atoms with Crippen LogP contribution in [0.5, 0.6) is 5.75 Å². The van der Waals surface area contributed by atoms with Crippen molar-refractivity contribution in [1.82, 2.24) is 9.13 Å². The van der Waals surface area contributed by atoms with Crippen molar-refractivity contribution in [3.8, 4) is 5.75 Å². The largest absolute Gasteiger partial charge is 0.490 e. The zero-order chi connectivity index (χ0) is 16.5. The lowest BCUT2D eigenvalue weighted by molar-refractivity contribution is 0.301. The van der Waals surface area contributed by atoms with E-state index in [2.05, 4.69) is 4.57 Å². The van der Waals surface area contributed by atoms with E-state index in [1.807, 2.05) is 78.6 Å². The van der Waals surface area contributed by atoms with Crippen LogP contribution in [0.2, 0.25) is 0 Å². The molecule has 0 aliphatic rings. The maximum Gasteiger partial charge on any atom is 0.197 e. The summed E-state index contributed by atoms with van der Waals surface area (Å²) in [6.45, 7) is 1.32. The average molecular weight is 318 g/mol. The van der Waals surface area contributed by atoms with Crippen LogP contribution in [0.25, 0.3) is 21.8 Å². The van der Waals surface area contributed by atoms with Crippen LogP contribution in [0.3, 0.4) is 0 Å². The molecule has 4 aromatic rings. The van der Waals surface area contributed by atoms with Crippen LogP contribution in [-0.4, -0.2) is 15.7 Å². The highest BCUT2D eigenvalue weighted by Gasteiger charge is 2.12. The summed E-state index contributed by atoms with van der Waals surface area (Å²) < 4.78 is 10.1. The highest BCUT2D eigenvalue weighted by molar-refractivity contribution is 5.96. The van der Waals surface area contributed by atoms with E-state index in [-0.39, 0.29) is 5.43 Å². The van der Waals surface area contributed by atoms with Crippen LogP contribution < -0.4 is 10.2 Å². The fourth-order valence-electron chi connectivity index (χ4n) is 3.17. The molecule has 4 nitrogen and oxygen atoms in total. The summed E-state index contributed by atoms with van der Waals surface area (Å²) >= 11 is 0. The topological polar surface area (TPSA) is 36.2 Å². The van der Waals surface area contributed by atoms with Crippen molar-refractivity contribution in [2.75, 3.05) is 6.61 Å². The summed E-state index contributed by atoms with van der Waals surface area (Å²) in [4.78, 5) is 12.8. The number of fused-ring (bicyclic) bond motifs is 2. The number of hydrogen-bond acceptors (Lipinski definition) is 2. The van der Waals surface area contributed by atoms with Gasteiger partial charge in [-0.2, -0.15) is 0 Å². The summed E-state index contributed by atoms with van der Waals surface area (Å²) in [5.41, 5.74) is 1.81. The molecule has 0 aliphatic carbocycles. The third-order valence-electron chi connectivity index (χ3n) is 4.36. The van der Waals surface area contributed by atoms with E-state index in [0.29, 0.717) is 12.0 Å². The molecule has 0 saturated heterocycles. The monoisotopic (exact) mass is 318 g/mol. The summed E-state index contributed by atoms with van der Waals surface area (Å²) in [6, 6.07) is 17.3. The van der Waals surface area contributed by atoms with Gasteiger partial charge in [0.1, 0.15) is 12.4 Å². The maximum absolute atomic E-state index is 12.8. The molecule has 0 N–H and O–H groups in total. The Labute approximate surface area is 139 Å². The third kappa shape index (κ3) is 2.36. The number of hydrogen-bond donors (Lipinski definition) is 0. The third-order valence-corrected chi connectivity index (χ3v) is 4.36. The maximum atomic E-state index is 12.8. The Hall–Kier alpha value is -3.01. The molecule has 0 saturated carbocycles. The SMILES string of the molecule is Cn1c2ccccc2c(=O)c2cccc(OCCn3cccc3)c21. The number of pyridine rings is 1. The van der Waals surface area contributed by atoms with E-state index in [0.717, 1.165) is 28.7 Å². The quantitative estimate of drug-likeness (QED) is 0.539.